The van der Waals surface area contributed by atoms with Crippen LogP contribution in [-0.4, -0.2) is 22.6 Å². The molecule has 1 saturated heterocycles. The molecule has 1 aliphatic rings. The Kier molecular flexibility index (Phi) is 3.27. The molecule has 2 heterocycles. The number of rotatable bonds is 2. The fourth-order valence-electron chi connectivity index (χ4n) is 2.84. The molecule has 96 valence electrons. The molecular weight excluding hydrogens is 246 g/mol. The minimum Gasteiger partial charge on any atom is -0.328 e. The number of aromatic nitrogens is 2. The molecule has 3 nitrogen and oxygen atoms in total. The second-order valence-electron chi connectivity index (χ2n) is 4.87. The fraction of sp³-hybridized carbons (Fsp3) is 0.500. The predicted octanol–water partition coefficient (Wildman–Crippen LogP) is 3.18. The summed E-state index contributed by atoms with van der Waals surface area (Å²) in [5, 5.41) is 4.19. The van der Waals surface area contributed by atoms with Crippen molar-refractivity contribution in [3.05, 3.63) is 29.0 Å². The Morgan fingerprint density at radius 3 is 2.89 bits per heavy atom. The van der Waals surface area contributed by atoms with Crippen molar-refractivity contribution in [2.75, 3.05) is 13.1 Å². The average Bonchev–Trinajstić information content (AvgIpc) is 2.77. The van der Waals surface area contributed by atoms with Gasteiger partial charge < -0.3 is 9.88 Å². The van der Waals surface area contributed by atoms with E-state index >= 15 is 0 Å². The maximum absolute atomic E-state index is 6.09. The maximum Gasteiger partial charge on any atom is 0.113 e. The Balaban J connectivity index is 2.10. The van der Waals surface area contributed by atoms with E-state index in [2.05, 4.69) is 16.8 Å². The summed E-state index contributed by atoms with van der Waals surface area (Å²) in [6, 6.07) is 5.97. The molecule has 4 heteroatoms. The van der Waals surface area contributed by atoms with E-state index in [1.165, 1.54) is 24.2 Å². The van der Waals surface area contributed by atoms with Gasteiger partial charge in [-0.05, 0) is 51.1 Å². The van der Waals surface area contributed by atoms with Gasteiger partial charge in [-0.15, -0.1) is 0 Å². The molecule has 1 N–H and O–H groups in total. The lowest BCUT2D eigenvalue weighted by atomic mass is 9.97. The lowest BCUT2D eigenvalue weighted by molar-refractivity contribution is 0.434. The van der Waals surface area contributed by atoms with Crippen LogP contribution in [-0.2, 0) is 6.54 Å². The minimum absolute atomic E-state index is 0.581. The fourth-order valence-corrected chi connectivity index (χ4v) is 3.00. The predicted molar refractivity (Wildman–Crippen MR) is 75.3 cm³/mol. The number of hydrogen-bond acceptors (Lipinski definition) is 2. The first-order valence-electron chi connectivity index (χ1n) is 6.66. The summed E-state index contributed by atoms with van der Waals surface area (Å²) in [6.45, 7) is 5.32. The molecule has 1 aliphatic heterocycles. The number of nitrogens with one attached hydrogen (secondary N) is 1. The Morgan fingerprint density at radius 1 is 1.39 bits per heavy atom. The van der Waals surface area contributed by atoms with Gasteiger partial charge in [0.1, 0.15) is 5.82 Å². The number of aryl methyl sites for hydroxylation is 1. The number of benzene rings is 1. The van der Waals surface area contributed by atoms with Gasteiger partial charge in [-0.1, -0.05) is 11.6 Å². The molecule has 0 bridgehead atoms. The monoisotopic (exact) mass is 263 g/mol. The first kappa shape index (κ1) is 12.0. The lowest BCUT2D eigenvalue weighted by Gasteiger charge is -2.22. The van der Waals surface area contributed by atoms with Crippen molar-refractivity contribution in [1.29, 1.82) is 0 Å². The van der Waals surface area contributed by atoms with E-state index in [4.69, 9.17) is 16.6 Å². The van der Waals surface area contributed by atoms with Crippen molar-refractivity contribution in [3.8, 4) is 0 Å². The lowest BCUT2D eigenvalue weighted by Crippen LogP contribution is -2.28. The van der Waals surface area contributed by atoms with Crippen LogP contribution in [0.3, 0.4) is 0 Å². The molecule has 0 spiro atoms. The van der Waals surface area contributed by atoms with Crippen molar-refractivity contribution in [2.45, 2.75) is 32.2 Å². The normalized spacial score (nSPS) is 17.4. The van der Waals surface area contributed by atoms with Crippen molar-refractivity contribution < 1.29 is 0 Å². The Hall–Kier alpha value is -1.06. The van der Waals surface area contributed by atoms with Gasteiger partial charge in [0.2, 0.25) is 0 Å². The summed E-state index contributed by atoms with van der Waals surface area (Å²) in [5.74, 6) is 1.81. The van der Waals surface area contributed by atoms with Gasteiger partial charge in [-0.2, -0.15) is 0 Å². The van der Waals surface area contributed by atoms with Gasteiger partial charge in [0.25, 0.3) is 0 Å². The van der Waals surface area contributed by atoms with E-state index < -0.39 is 0 Å². The van der Waals surface area contributed by atoms with Crippen LogP contribution in [0.5, 0.6) is 0 Å². The molecular formula is C14H18ClN3. The summed E-state index contributed by atoms with van der Waals surface area (Å²) >= 11 is 6.09. The van der Waals surface area contributed by atoms with Crippen LogP contribution in [0.15, 0.2) is 18.2 Å². The molecule has 1 fully saturated rings. The summed E-state index contributed by atoms with van der Waals surface area (Å²) < 4.78 is 2.32. The third kappa shape index (κ3) is 2.02. The molecule has 0 saturated carbocycles. The number of nitrogens with zero attached hydrogens (tertiary/aromatic N) is 2. The molecule has 0 unspecified atom stereocenters. The second-order valence-corrected chi connectivity index (χ2v) is 5.31. The highest BCUT2D eigenvalue weighted by atomic mass is 35.5. The van der Waals surface area contributed by atoms with Gasteiger partial charge in [-0.3, -0.25) is 0 Å². The number of imidazole rings is 1. The number of hydrogen-bond donors (Lipinski definition) is 1. The molecule has 0 amide bonds. The highest BCUT2D eigenvalue weighted by Gasteiger charge is 2.21. The van der Waals surface area contributed by atoms with E-state index in [0.717, 1.165) is 30.2 Å². The third-order valence-electron chi connectivity index (χ3n) is 3.76. The third-order valence-corrected chi connectivity index (χ3v) is 4.00. The van der Waals surface area contributed by atoms with E-state index in [-0.39, 0.29) is 0 Å². The van der Waals surface area contributed by atoms with Gasteiger partial charge >= 0.3 is 0 Å². The van der Waals surface area contributed by atoms with Gasteiger partial charge in [0.05, 0.1) is 11.0 Å². The minimum atomic E-state index is 0.581. The van der Waals surface area contributed by atoms with Crippen LogP contribution in [0, 0.1) is 0 Å². The first-order chi connectivity index (χ1) is 8.79. The zero-order chi connectivity index (χ0) is 12.5. The molecule has 3 rings (SSSR count). The zero-order valence-corrected chi connectivity index (χ0v) is 11.4. The second kappa shape index (κ2) is 4.90. The molecule has 1 aromatic heterocycles. The highest BCUT2D eigenvalue weighted by molar-refractivity contribution is 6.31. The Bertz CT molecular complexity index is 555. The Morgan fingerprint density at radius 2 is 2.17 bits per heavy atom. The van der Waals surface area contributed by atoms with Gasteiger partial charge in [0, 0.05) is 17.5 Å². The molecule has 0 radical (unpaired) electrons. The summed E-state index contributed by atoms with van der Waals surface area (Å²) in [5.41, 5.74) is 2.23. The molecule has 0 aliphatic carbocycles. The number of halogens is 1. The average molecular weight is 264 g/mol. The highest BCUT2D eigenvalue weighted by Crippen LogP contribution is 2.29. The van der Waals surface area contributed by atoms with Gasteiger partial charge in [-0.25, -0.2) is 4.98 Å². The quantitative estimate of drug-likeness (QED) is 0.902. The van der Waals surface area contributed by atoms with Crippen molar-refractivity contribution in [2.24, 2.45) is 0 Å². The first-order valence-corrected chi connectivity index (χ1v) is 7.04. The maximum atomic E-state index is 6.09. The molecule has 0 atom stereocenters. The Labute approximate surface area is 112 Å². The molecule has 1 aromatic carbocycles. The van der Waals surface area contributed by atoms with Crippen LogP contribution in [0.1, 0.15) is 31.5 Å². The number of fused-ring (bicyclic) bond motifs is 1. The van der Waals surface area contributed by atoms with Crippen LogP contribution in [0.4, 0.5) is 0 Å². The van der Waals surface area contributed by atoms with E-state index in [1.54, 1.807) is 0 Å². The van der Waals surface area contributed by atoms with Crippen LogP contribution >= 0.6 is 11.6 Å². The summed E-state index contributed by atoms with van der Waals surface area (Å²) in [6.07, 6.45) is 2.36. The summed E-state index contributed by atoms with van der Waals surface area (Å²) in [4.78, 5) is 4.82. The van der Waals surface area contributed by atoms with Crippen LogP contribution < -0.4 is 5.32 Å². The summed E-state index contributed by atoms with van der Waals surface area (Å²) in [7, 11) is 0. The molecule has 2 aromatic rings. The van der Waals surface area contributed by atoms with Crippen LogP contribution in [0.25, 0.3) is 11.0 Å². The zero-order valence-electron chi connectivity index (χ0n) is 10.6. The SMILES string of the molecule is CCn1c(C2CCNCC2)nc2ccc(Cl)cc21. The van der Waals surface area contributed by atoms with E-state index in [0.29, 0.717) is 5.92 Å². The van der Waals surface area contributed by atoms with Crippen LogP contribution in [0.2, 0.25) is 5.02 Å². The van der Waals surface area contributed by atoms with E-state index in [1.807, 2.05) is 18.2 Å². The van der Waals surface area contributed by atoms with Crippen molar-refractivity contribution in [3.63, 3.8) is 0 Å². The van der Waals surface area contributed by atoms with Gasteiger partial charge in [0.15, 0.2) is 0 Å². The smallest absolute Gasteiger partial charge is 0.113 e. The number of piperidine rings is 1. The van der Waals surface area contributed by atoms with Crippen molar-refractivity contribution >= 4 is 22.6 Å². The topological polar surface area (TPSA) is 29.9 Å². The molecule has 18 heavy (non-hydrogen) atoms. The standard InChI is InChI=1S/C14H18ClN3/c1-2-18-13-9-11(15)3-4-12(13)17-14(18)10-5-7-16-8-6-10/h3-4,9-10,16H,2,5-8H2,1H3. The largest absolute Gasteiger partial charge is 0.328 e. The van der Waals surface area contributed by atoms with Crippen molar-refractivity contribution in [1.82, 2.24) is 14.9 Å². The van der Waals surface area contributed by atoms with E-state index in [9.17, 15) is 0 Å².